The van der Waals surface area contributed by atoms with Crippen LogP contribution in [0, 0.1) is 11.3 Å². The molecule has 3 heterocycles. The van der Waals surface area contributed by atoms with E-state index < -0.39 is 12.1 Å². The lowest BCUT2D eigenvalue weighted by molar-refractivity contribution is -0.274. The summed E-state index contributed by atoms with van der Waals surface area (Å²) in [6, 6.07) is 11.3. The highest BCUT2D eigenvalue weighted by atomic mass is 32.1. The van der Waals surface area contributed by atoms with Crippen molar-refractivity contribution in [3.8, 4) is 5.75 Å². The van der Waals surface area contributed by atoms with Gasteiger partial charge in [0.2, 0.25) is 0 Å². The normalized spacial score (nSPS) is 22.4. The third-order valence-electron chi connectivity index (χ3n) is 8.22. The van der Waals surface area contributed by atoms with E-state index in [1.54, 1.807) is 24.3 Å². The van der Waals surface area contributed by atoms with Crippen molar-refractivity contribution in [2.24, 2.45) is 5.92 Å². The number of fused-ring (bicyclic) bond motifs is 3. The molecule has 2 N–H and O–H groups in total. The van der Waals surface area contributed by atoms with Crippen LogP contribution in [0.2, 0.25) is 0 Å². The van der Waals surface area contributed by atoms with Crippen LogP contribution in [0.25, 0.3) is 10.2 Å². The minimum atomic E-state index is -4.91. The van der Waals surface area contributed by atoms with Gasteiger partial charge in [0.1, 0.15) is 11.5 Å². The predicted octanol–water partition coefficient (Wildman–Crippen LogP) is 7.18. The average molecular weight is 616 g/mol. The molecule has 3 aromatic rings. The van der Waals surface area contributed by atoms with Crippen molar-refractivity contribution in [3.63, 3.8) is 0 Å². The number of nitrogens with one attached hydrogen (secondary N) is 1. The Morgan fingerprint density at radius 3 is 2.51 bits per heavy atom. The first-order chi connectivity index (χ1) is 20.6. The second kappa shape index (κ2) is 11.8. The molecule has 0 amide bonds. The van der Waals surface area contributed by atoms with E-state index in [1.807, 2.05) is 12.1 Å². The number of ether oxygens (including phenoxy) is 3. The number of aliphatic hydroxyl groups excluding tert-OH is 1. The molecule has 228 valence electrons. The number of hydrogen-bond donors (Lipinski definition) is 2. The Morgan fingerprint density at radius 1 is 1.12 bits per heavy atom. The summed E-state index contributed by atoms with van der Waals surface area (Å²) in [5.41, 5.74) is 1.23. The van der Waals surface area contributed by atoms with Gasteiger partial charge in [0.25, 0.3) is 0 Å². The first-order valence-electron chi connectivity index (χ1n) is 14.4. The van der Waals surface area contributed by atoms with Gasteiger partial charge in [-0.15, -0.1) is 13.2 Å². The Bertz CT molecular complexity index is 1550. The summed E-state index contributed by atoms with van der Waals surface area (Å²) in [7, 11) is 0. The van der Waals surface area contributed by atoms with Crippen molar-refractivity contribution in [2.75, 3.05) is 18.1 Å². The third-order valence-corrected chi connectivity index (χ3v) is 9.25. The third kappa shape index (κ3) is 6.35. The first kappa shape index (κ1) is 29.4. The minimum Gasteiger partial charge on any atom is -0.512 e. The van der Waals surface area contributed by atoms with E-state index in [9.17, 15) is 23.1 Å². The summed E-state index contributed by atoms with van der Waals surface area (Å²) in [6.45, 7) is 2.00. The number of carbonyl (C=O) groups is 1. The Balaban J connectivity index is 1.16. The predicted molar refractivity (Wildman–Crippen MR) is 156 cm³/mol. The lowest BCUT2D eigenvalue weighted by atomic mass is 9.98. The van der Waals surface area contributed by atoms with Crippen LogP contribution in [0.15, 0.2) is 53.8 Å². The Hall–Kier alpha value is -3.64. The van der Waals surface area contributed by atoms with Crippen molar-refractivity contribution in [1.29, 1.82) is 5.41 Å². The molecule has 3 aliphatic rings. The van der Waals surface area contributed by atoms with Crippen molar-refractivity contribution in [2.45, 2.75) is 70.0 Å². The molecule has 1 saturated carbocycles. The highest BCUT2D eigenvalue weighted by molar-refractivity contribution is 7.22. The molecule has 1 aromatic heterocycles. The molecule has 2 aromatic carbocycles. The van der Waals surface area contributed by atoms with Crippen LogP contribution in [-0.2, 0) is 9.47 Å². The van der Waals surface area contributed by atoms with Gasteiger partial charge < -0.3 is 24.2 Å². The molecular weight excluding hydrogens is 583 g/mol. The van der Waals surface area contributed by atoms with Crippen LogP contribution in [0.3, 0.4) is 0 Å². The first-order valence-corrected chi connectivity index (χ1v) is 15.3. The summed E-state index contributed by atoms with van der Waals surface area (Å²) >= 11 is 1.55. The maximum absolute atomic E-state index is 13.0. The van der Waals surface area contributed by atoms with E-state index in [4.69, 9.17) is 19.9 Å². The van der Waals surface area contributed by atoms with Crippen molar-refractivity contribution in [3.05, 3.63) is 64.9 Å². The number of rotatable bonds is 10. The second-order valence-corrected chi connectivity index (χ2v) is 12.2. The number of alkyl halides is 3. The Labute approximate surface area is 250 Å². The minimum absolute atomic E-state index is 0.00360. The molecule has 12 heteroatoms. The fourth-order valence-corrected chi connectivity index (χ4v) is 7.22. The van der Waals surface area contributed by atoms with Crippen LogP contribution in [0.1, 0.15) is 61.4 Å². The molecule has 2 unspecified atom stereocenters. The molecule has 2 bridgehead atoms. The Morgan fingerprint density at radius 2 is 1.84 bits per heavy atom. The lowest BCUT2D eigenvalue weighted by Gasteiger charge is -2.38. The summed E-state index contributed by atoms with van der Waals surface area (Å²) in [4.78, 5) is 19.4. The number of piperidine rings is 1. The van der Waals surface area contributed by atoms with E-state index in [-0.39, 0.29) is 59.3 Å². The molecule has 8 nitrogen and oxygen atoms in total. The number of para-hydroxylation sites is 1. The highest BCUT2D eigenvalue weighted by Gasteiger charge is 2.43. The maximum atomic E-state index is 13.0. The number of benzene rings is 2. The molecule has 0 spiro atoms. The fourth-order valence-electron chi connectivity index (χ4n) is 6.07. The van der Waals surface area contributed by atoms with Gasteiger partial charge in [-0.05, 0) is 75.8 Å². The number of esters is 1. The van der Waals surface area contributed by atoms with E-state index in [0.717, 1.165) is 59.9 Å². The van der Waals surface area contributed by atoms with Gasteiger partial charge in [-0.3, -0.25) is 5.41 Å². The van der Waals surface area contributed by atoms with E-state index in [2.05, 4.69) is 9.64 Å². The number of aromatic nitrogens is 1. The molecular formula is C31H32F3N3O5S. The number of aliphatic hydroxyl groups is 1. The molecule has 3 fully saturated rings. The summed E-state index contributed by atoms with van der Waals surface area (Å²) in [5.74, 6) is -0.958. The molecule has 3 atom stereocenters. The van der Waals surface area contributed by atoms with Crippen LogP contribution in [0.5, 0.6) is 5.75 Å². The maximum Gasteiger partial charge on any atom is 0.573 e. The van der Waals surface area contributed by atoms with Gasteiger partial charge in [-0.2, -0.15) is 0 Å². The fraction of sp³-hybridized carbons (Fsp3) is 0.452. The van der Waals surface area contributed by atoms with E-state index >= 15 is 0 Å². The van der Waals surface area contributed by atoms with Gasteiger partial charge in [-0.25, -0.2) is 9.78 Å². The van der Waals surface area contributed by atoms with Crippen molar-refractivity contribution >= 4 is 38.4 Å². The Kier molecular flexibility index (Phi) is 8.08. The van der Waals surface area contributed by atoms with E-state index in [1.165, 1.54) is 18.2 Å². The molecule has 43 heavy (non-hydrogen) atoms. The van der Waals surface area contributed by atoms with Crippen LogP contribution < -0.4 is 9.64 Å². The SMILES string of the molecule is CCOC(=O)c1ccc2nc(N3C4CC[C@H]3CC(OC/C(C(=N)c3ccccc3OC(F)(F)F)=C(/O)C3CC3)C4)sc2c1. The van der Waals surface area contributed by atoms with Gasteiger partial charge in [-0.1, -0.05) is 23.5 Å². The second-order valence-electron chi connectivity index (χ2n) is 11.2. The number of halogens is 3. The zero-order chi connectivity index (χ0) is 30.3. The van der Waals surface area contributed by atoms with Crippen LogP contribution >= 0.6 is 11.3 Å². The molecule has 2 aliphatic heterocycles. The zero-order valence-electron chi connectivity index (χ0n) is 23.5. The summed E-state index contributed by atoms with van der Waals surface area (Å²) in [6.07, 6.45) is -0.141. The smallest absolute Gasteiger partial charge is 0.512 e. The largest absolute Gasteiger partial charge is 0.573 e. The average Bonchev–Trinajstić information content (AvgIpc) is 3.68. The molecule has 1 aliphatic carbocycles. The zero-order valence-corrected chi connectivity index (χ0v) is 24.3. The highest BCUT2D eigenvalue weighted by Crippen LogP contribution is 2.44. The van der Waals surface area contributed by atoms with Crippen LogP contribution in [0.4, 0.5) is 18.3 Å². The van der Waals surface area contributed by atoms with Gasteiger partial charge in [0, 0.05) is 29.1 Å². The quantitative estimate of drug-likeness (QED) is 0.141. The number of allylic oxidation sites excluding steroid dienone is 1. The number of nitrogens with zero attached hydrogens (tertiary/aromatic N) is 2. The number of thiazole rings is 1. The summed E-state index contributed by atoms with van der Waals surface area (Å²) in [5, 5.41) is 20.6. The van der Waals surface area contributed by atoms with Gasteiger partial charge >= 0.3 is 12.3 Å². The number of anilines is 1. The molecule has 2 saturated heterocycles. The topological polar surface area (TPSA) is 105 Å². The molecule has 0 radical (unpaired) electrons. The van der Waals surface area contributed by atoms with Gasteiger partial charge in [0.05, 0.1) is 40.8 Å². The standard InChI is InChI=1S/C31H32F3N3O5S/c1-2-40-29(39)18-9-12-24-26(13-18)43-30(36-24)37-19-10-11-20(37)15-21(14-19)41-16-23(28(38)17-7-8-17)27(35)22-5-3-4-6-25(22)42-31(32,33)34/h3-6,9,12-13,17,19-21,35,38H,2,7-8,10-11,14-16H2,1H3/b28-23-,35-27?/t19-,20?,21?/m0/s1. The van der Waals surface area contributed by atoms with Crippen LogP contribution in [-0.4, -0.2) is 59.5 Å². The number of hydrogen-bond acceptors (Lipinski definition) is 9. The lowest BCUT2D eigenvalue weighted by Crippen LogP contribution is -2.45. The van der Waals surface area contributed by atoms with E-state index in [0.29, 0.717) is 12.2 Å². The summed E-state index contributed by atoms with van der Waals surface area (Å²) < 4.78 is 55.6. The van der Waals surface area contributed by atoms with Crippen molar-refractivity contribution in [1.82, 2.24) is 4.98 Å². The van der Waals surface area contributed by atoms with Crippen molar-refractivity contribution < 1.29 is 37.3 Å². The molecule has 6 rings (SSSR count). The number of carbonyl (C=O) groups excluding carboxylic acids is 1. The van der Waals surface area contributed by atoms with Gasteiger partial charge in [0.15, 0.2) is 5.13 Å². The monoisotopic (exact) mass is 615 g/mol.